The minimum atomic E-state index is -0.725. The Balaban J connectivity index is 1.73. The van der Waals surface area contributed by atoms with E-state index in [1.54, 1.807) is 19.1 Å². The number of carbonyl (C=O) groups excluding carboxylic acids is 2. The third kappa shape index (κ3) is 8.27. The lowest BCUT2D eigenvalue weighted by Gasteiger charge is -2.30. The molecule has 0 radical (unpaired) electrons. The summed E-state index contributed by atoms with van der Waals surface area (Å²) < 4.78 is 16.2. The van der Waals surface area contributed by atoms with Crippen LogP contribution in [-0.4, -0.2) is 43.7 Å². The van der Waals surface area contributed by atoms with E-state index in [-0.39, 0.29) is 18.4 Å². The molecular formula is C30H36N2O5. The normalized spacial score (nSPS) is 11.5. The Labute approximate surface area is 219 Å². The van der Waals surface area contributed by atoms with Gasteiger partial charge in [0.2, 0.25) is 5.91 Å². The minimum Gasteiger partial charge on any atom is -0.493 e. The number of hydrogen-bond donors (Lipinski definition) is 1. The van der Waals surface area contributed by atoms with Gasteiger partial charge in [-0.25, -0.2) is 4.79 Å². The predicted molar refractivity (Wildman–Crippen MR) is 143 cm³/mol. The minimum absolute atomic E-state index is 0.129. The van der Waals surface area contributed by atoms with E-state index in [0.29, 0.717) is 31.0 Å². The largest absolute Gasteiger partial charge is 0.493 e. The van der Waals surface area contributed by atoms with Gasteiger partial charge in [-0.05, 0) is 41.2 Å². The maximum Gasteiger partial charge on any atom is 0.408 e. The van der Waals surface area contributed by atoms with Crippen LogP contribution in [0.2, 0.25) is 0 Å². The monoisotopic (exact) mass is 504 g/mol. The number of hydrogen-bond acceptors (Lipinski definition) is 5. The van der Waals surface area contributed by atoms with Gasteiger partial charge in [-0.3, -0.25) is 4.79 Å². The van der Waals surface area contributed by atoms with Crippen LogP contribution in [0.3, 0.4) is 0 Å². The SMILES string of the molecule is COc1ccc(CCN(Cc2ccccc2)C(=O)C(NC(=O)OCc2ccccc2)C(C)C)cc1OC. The van der Waals surface area contributed by atoms with E-state index < -0.39 is 12.1 Å². The van der Waals surface area contributed by atoms with Crippen molar-refractivity contribution in [3.05, 3.63) is 95.6 Å². The molecule has 0 saturated heterocycles. The number of benzene rings is 3. The first-order valence-electron chi connectivity index (χ1n) is 12.4. The average molecular weight is 505 g/mol. The predicted octanol–water partition coefficient (Wildman–Crippen LogP) is 5.23. The summed E-state index contributed by atoms with van der Waals surface area (Å²) in [6.07, 6.45) is -0.00203. The van der Waals surface area contributed by atoms with Crippen molar-refractivity contribution in [3.8, 4) is 11.5 Å². The first kappa shape index (κ1) is 27.6. The molecule has 0 spiro atoms. The Hall–Kier alpha value is -4.00. The molecule has 0 aliphatic heterocycles. The summed E-state index contributed by atoms with van der Waals surface area (Å²) >= 11 is 0. The van der Waals surface area contributed by atoms with Crippen LogP contribution in [0.25, 0.3) is 0 Å². The topological polar surface area (TPSA) is 77.1 Å². The highest BCUT2D eigenvalue weighted by atomic mass is 16.5. The number of alkyl carbamates (subject to hydrolysis) is 1. The lowest BCUT2D eigenvalue weighted by molar-refractivity contribution is -0.135. The number of methoxy groups -OCH3 is 2. The number of rotatable bonds is 12. The number of nitrogens with zero attached hydrogens (tertiary/aromatic N) is 1. The van der Waals surface area contributed by atoms with Gasteiger partial charge in [-0.2, -0.15) is 0 Å². The van der Waals surface area contributed by atoms with Crippen LogP contribution in [0, 0.1) is 5.92 Å². The van der Waals surface area contributed by atoms with Crippen molar-refractivity contribution in [2.75, 3.05) is 20.8 Å². The fourth-order valence-electron chi connectivity index (χ4n) is 3.97. The quantitative estimate of drug-likeness (QED) is 0.366. The molecule has 37 heavy (non-hydrogen) atoms. The zero-order chi connectivity index (χ0) is 26.6. The molecule has 1 N–H and O–H groups in total. The molecular weight excluding hydrogens is 468 g/mol. The molecule has 0 bridgehead atoms. The van der Waals surface area contributed by atoms with Crippen LogP contribution in [-0.2, 0) is 29.1 Å². The third-order valence-corrected chi connectivity index (χ3v) is 6.07. The summed E-state index contributed by atoms with van der Waals surface area (Å²) in [5.41, 5.74) is 2.91. The molecule has 7 heteroatoms. The van der Waals surface area contributed by atoms with E-state index in [1.807, 2.05) is 92.7 Å². The Kier molecular flexibility index (Phi) is 10.4. The molecule has 1 unspecified atom stereocenters. The smallest absolute Gasteiger partial charge is 0.408 e. The van der Waals surface area contributed by atoms with Gasteiger partial charge in [0.1, 0.15) is 12.6 Å². The van der Waals surface area contributed by atoms with Crippen molar-refractivity contribution in [1.82, 2.24) is 10.2 Å². The lowest BCUT2D eigenvalue weighted by atomic mass is 10.0. The molecule has 0 saturated carbocycles. The third-order valence-electron chi connectivity index (χ3n) is 6.07. The number of ether oxygens (including phenoxy) is 3. The Bertz CT molecular complexity index is 1140. The van der Waals surface area contributed by atoms with Gasteiger partial charge in [0.05, 0.1) is 14.2 Å². The highest BCUT2D eigenvalue weighted by Gasteiger charge is 2.29. The van der Waals surface area contributed by atoms with Crippen LogP contribution in [0.4, 0.5) is 4.79 Å². The maximum absolute atomic E-state index is 13.8. The number of carbonyl (C=O) groups is 2. The summed E-state index contributed by atoms with van der Waals surface area (Å²) in [7, 11) is 3.20. The van der Waals surface area contributed by atoms with Crippen LogP contribution >= 0.6 is 0 Å². The summed E-state index contributed by atoms with van der Waals surface area (Å²) in [6, 6.07) is 24.3. The second-order valence-corrected chi connectivity index (χ2v) is 9.11. The van der Waals surface area contributed by atoms with Crippen LogP contribution < -0.4 is 14.8 Å². The van der Waals surface area contributed by atoms with Crippen LogP contribution in [0.1, 0.15) is 30.5 Å². The second-order valence-electron chi connectivity index (χ2n) is 9.11. The fraction of sp³-hybridized carbons (Fsp3) is 0.333. The Morgan fingerprint density at radius 2 is 1.43 bits per heavy atom. The highest BCUT2D eigenvalue weighted by molar-refractivity contribution is 5.86. The van der Waals surface area contributed by atoms with Gasteiger partial charge >= 0.3 is 6.09 Å². The van der Waals surface area contributed by atoms with Gasteiger partial charge in [0.15, 0.2) is 11.5 Å². The molecule has 3 rings (SSSR count). The van der Waals surface area contributed by atoms with Gasteiger partial charge in [-0.15, -0.1) is 0 Å². The lowest BCUT2D eigenvalue weighted by Crippen LogP contribution is -2.51. The molecule has 196 valence electrons. The van der Waals surface area contributed by atoms with Gasteiger partial charge in [-0.1, -0.05) is 80.6 Å². The van der Waals surface area contributed by atoms with Crippen molar-refractivity contribution in [2.24, 2.45) is 5.92 Å². The van der Waals surface area contributed by atoms with Crippen LogP contribution in [0.5, 0.6) is 11.5 Å². The van der Waals surface area contributed by atoms with Crippen molar-refractivity contribution < 1.29 is 23.8 Å². The number of nitrogens with one attached hydrogen (secondary N) is 1. The second kappa shape index (κ2) is 13.9. The summed E-state index contributed by atoms with van der Waals surface area (Å²) in [5.74, 6) is 1.01. The van der Waals surface area contributed by atoms with Crippen molar-refractivity contribution >= 4 is 12.0 Å². The zero-order valence-electron chi connectivity index (χ0n) is 22.0. The molecule has 0 aromatic heterocycles. The van der Waals surface area contributed by atoms with E-state index in [1.165, 1.54) is 0 Å². The van der Waals surface area contributed by atoms with Gasteiger partial charge < -0.3 is 24.4 Å². The molecule has 7 nitrogen and oxygen atoms in total. The Morgan fingerprint density at radius 1 is 0.811 bits per heavy atom. The van der Waals surface area contributed by atoms with Gasteiger partial charge in [0.25, 0.3) is 0 Å². The Morgan fingerprint density at radius 3 is 2.03 bits per heavy atom. The standard InChI is InChI=1S/C30H36N2O5/c1-22(2)28(31-30(34)37-21-25-13-9-6-10-14-25)29(33)32(20-24-11-7-5-8-12-24)18-17-23-15-16-26(35-3)27(19-23)36-4/h5-16,19,22,28H,17-18,20-21H2,1-4H3,(H,31,34). The van der Waals surface area contributed by atoms with E-state index >= 15 is 0 Å². The summed E-state index contributed by atoms with van der Waals surface area (Å²) in [5, 5.41) is 2.80. The molecule has 2 amide bonds. The molecule has 0 fully saturated rings. The molecule has 0 aliphatic carbocycles. The van der Waals surface area contributed by atoms with E-state index in [0.717, 1.165) is 16.7 Å². The van der Waals surface area contributed by atoms with Crippen LogP contribution in [0.15, 0.2) is 78.9 Å². The molecule has 3 aromatic carbocycles. The average Bonchev–Trinajstić information content (AvgIpc) is 2.93. The van der Waals surface area contributed by atoms with E-state index in [2.05, 4.69) is 5.32 Å². The van der Waals surface area contributed by atoms with E-state index in [9.17, 15) is 9.59 Å². The first-order chi connectivity index (χ1) is 17.9. The molecule has 3 aromatic rings. The first-order valence-corrected chi connectivity index (χ1v) is 12.4. The van der Waals surface area contributed by atoms with Crippen molar-refractivity contribution in [1.29, 1.82) is 0 Å². The molecule has 0 aliphatic rings. The molecule has 0 heterocycles. The zero-order valence-corrected chi connectivity index (χ0v) is 22.0. The summed E-state index contributed by atoms with van der Waals surface area (Å²) in [4.78, 5) is 28.1. The molecule has 1 atom stereocenters. The maximum atomic E-state index is 13.8. The highest BCUT2D eigenvalue weighted by Crippen LogP contribution is 2.28. The van der Waals surface area contributed by atoms with Crippen molar-refractivity contribution in [3.63, 3.8) is 0 Å². The number of amides is 2. The summed E-state index contributed by atoms with van der Waals surface area (Å²) in [6.45, 7) is 4.85. The fourth-order valence-corrected chi connectivity index (χ4v) is 3.97. The van der Waals surface area contributed by atoms with Gasteiger partial charge in [0, 0.05) is 13.1 Å². The van der Waals surface area contributed by atoms with E-state index in [4.69, 9.17) is 14.2 Å². The van der Waals surface area contributed by atoms with Crippen molar-refractivity contribution in [2.45, 2.75) is 39.5 Å².